The summed E-state index contributed by atoms with van der Waals surface area (Å²) in [5.74, 6) is -1.36. The third-order valence-corrected chi connectivity index (χ3v) is 8.22. The van der Waals surface area contributed by atoms with Crippen LogP contribution in [0.1, 0.15) is 195 Å². The van der Waals surface area contributed by atoms with Gasteiger partial charge in [0.15, 0.2) is 0 Å². The average molecular weight is 558 g/mol. The lowest BCUT2D eigenvalue weighted by Gasteiger charge is -2.07. The second kappa shape index (κ2) is 27.3. The van der Waals surface area contributed by atoms with Gasteiger partial charge in [0.2, 0.25) is 0 Å². The number of carboxylic acids is 1. The van der Waals surface area contributed by atoms with Crippen LogP contribution in [-0.4, -0.2) is 23.5 Å². The number of hydrogen-bond acceptors (Lipinski definition) is 2. The van der Waals surface area contributed by atoms with Crippen molar-refractivity contribution in [3.8, 4) is 0 Å². The molecule has 1 amide bonds. The molecule has 230 valence electrons. The number of benzene rings is 1. The Balaban J connectivity index is 1.74. The van der Waals surface area contributed by atoms with Crippen molar-refractivity contribution in [3.63, 3.8) is 0 Å². The van der Waals surface area contributed by atoms with E-state index in [1.54, 1.807) is 18.2 Å². The summed E-state index contributed by atoms with van der Waals surface area (Å²) in [6.45, 7) is 2.90. The van der Waals surface area contributed by atoms with E-state index < -0.39 is 5.97 Å². The van der Waals surface area contributed by atoms with Crippen LogP contribution < -0.4 is 5.32 Å². The highest BCUT2D eigenvalue weighted by molar-refractivity contribution is 6.04. The van der Waals surface area contributed by atoms with E-state index in [1.807, 2.05) is 0 Å². The molecule has 0 saturated heterocycles. The van der Waals surface area contributed by atoms with Gasteiger partial charge in [-0.3, -0.25) is 4.79 Å². The fraction of sp³-hybridized carbons (Fsp3) is 0.778. The molecule has 0 aliphatic heterocycles. The first-order valence-electron chi connectivity index (χ1n) is 17.3. The largest absolute Gasteiger partial charge is 0.478 e. The van der Waals surface area contributed by atoms with E-state index in [0.29, 0.717) is 6.54 Å². The Kier molecular flexibility index (Phi) is 24.7. The van der Waals surface area contributed by atoms with Crippen LogP contribution in [0, 0.1) is 0 Å². The van der Waals surface area contributed by atoms with Crippen LogP contribution in [0.4, 0.5) is 0 Å². The highest BCUT2D eigenvalue weighted by Crippen LogP contribution is 2.16. The van der Waals surface area contributed by atoms with Crippen molar-refractivity contribution in [2.75, 3.05) is 6.54 Å². The summed E-state index contributed by atoms with van der Waals surface area (Å²) in [5.41, 5.74) is 0.301. The predicted octanol–water partition coefficient (Wildman–Crippen LogP) is 11.3. The van der Waals surface area contributed by atoms with Gasteiger partial charge in [-0.25, -0.2) is 4.79 Å². The van der Waals surface area contributed by atoms with Crippen molar-refractivity contribution in [1.29, 1.82) is 0 Å². The van der Waals surface area contributed by atoms with E-state index >= 15 is 0 Å². The van der Waals surface area contributed by atoms with Gasteiger partial charge in [-0.2, -0.15) is 0 Å². The van der Waals surface area contributed by atoms with Crippen LogP contribution in [0.3, 0.4) is 0 Å². The SMILES string of the molecule is CCCCCCCCCCCCCCCCCCCCCCCCCCCCNC(=O)c1ccccc1C(=O)O. The minimum Gasteiger partial charge on any atom is -0.478 e. The van der Waals surface area contributed by atoms with Gasteiger partial charge in [-0.1, -0.05) is 180 Å². The van der Waals surface area contributed by atoms with E-state index in [0.717, 1.165) is 12.8 Å². The van der Waals surface area contributed by atoms with Crippen LogP contribution in [0.2, 0.25) is 0 Å². The number of unbranched alkanes of at least 4 members (excludes halogenated alkanes) is 25. The van der Waals surface area contributed by atoms with Crippen molar-refractivity contribution in [1.82, 2.24) is 5.32 Å². The first kappa shape index (κ1) is 36.2. The topological polar surface area (TPSA) is 66.4 Å². The molecule has 1 rings (SSSR count). The summed E-state index contributed by atoms with van der Waals surface area (Å²) in [4.78, 5) is 23.5. The predicted molar refractivity (Wildman–Crippen MR) is 171 cm³/mol. The van der Waals surface area contributed by atoms with Gasteiger partial charge in [0.05, 0.1) is 11.1 Å². The maximum atomic E-state index is 12.2. The van der Waals surface area contributed by atoms with E-state index in [2.05, 4.69) is 12.2 Å². The highest BCUT2D eigenvalue weighted by Gasteiger charge is 2.14. The second-order valence-corrected chi connectivity index (χ2v) is 11.9. The van der Waals surface area contributed by atoms with Gasteiger partial charge in [0.25, 0.3) is 5.91 Å². The van der Waals surface area contributed by atoms with E-state index in [1.165, 1.54) is 160 Å². The van der Waals surface area contributed by atoms with Gasteiger partial charge in [0.1, 0.15) is 0 Å². The quantitative estimate of drug-likeness (QED) is 0.0962. The van der Waals surface area contributed by atoms with Crippen molar-refractivity contribution in [2.24, 2.45) is 0 Å². The number of hydrogen-bond donors (Lipinski definition) is 2. The maximum absolute atomic E-state index is 12.2. The molecule has 0 unspecified atom stereocenters. The zero-order valence-corrected chi connectivity index (χ0v) is 26.2. The van der Waals surface area contributed by atoms with Gasteiger partial charge < -0.3 is 10.4 Å². The number of carboxylic acid groups (broad SMARTS) is 1. The van der Waals surface area contributed by atoms with Gasteiger partial charge in [-0.15, -0.1) is 0 Å². The third kappa shape index (κ3) is 21.0. The summed E-state index contributed by atoms with van der Waals surface area (Å²) in [5, 5.41) is 12.1. The van der Waals surface area contributed by atoms with Crippen molar-refractivity contribution in [2.45, 2.75) is 174 Å². The van der Waals surface area contributed by atoms with Crippen LogP contribution in [0.5, 0.6) is 0 Å². The fourth-order valence-corrected chi connectivity index (χ4v) is 5.61. The van der Waals surface area contributed by atoms with E-state index in [4.69, 9.17) is 0 Å². The summed E-state index contributed by atoms with van der Waals surface area (Å²) in [7, 11) is 0. The first-order chi connectivity index (χ1) is 19.7. The number of nitrogens with one attached hydrogen (secondary N) is 1. The van der Waals surface area contributed by atoms with Crippen molar-refractivity contribution in [3.05, 3.63) is 35.4 Å². The molecule has 0 spiro atoms. The van der Waals surface area contributed by atoms with Crippen LogP contribution in [0.25, 0.3) is 0 Å². The zero-order valence-electron chi connectivity index (χ0n) is 26.2. The molecular weight excluding hydrogens is 494 g/mol. The second-order valence-electron chi connectivity index (χ2n) is 11.9. The summed E-state index contributed by atoms with van der Waals surface area (Å²) < 4.78 is 0. The van der Waals surface area contributed by atoms with E-state index in [-0.39, 0.29) is 17.0 Å². The molecule has 0 atom stereocenters. The fourth-order valence-electron chi connectivity index (χ4n) is 5.61. The molecule has 0 bridgehead atoms. The molecule has 0 fully saturated rings. The third-order valence-electron chi connectivity index (χ3n) is 8.22. The lowest BCUT2D eigenvalue weighted by molar-refractivity contribution is 0.0691. The molecule has 0 aliphatic carbocycles. The van der Waals surface area contributed by atoms with E-state index in [9.17, 15) is 14.7 Å². The smallest absolute Gasteiger partial charge is 0.336 e. The monoisotopic (exact) mass is 557 g/mol. The summed E-state index contributed by atoms with van der Waals surface area (Å²) >= 11 is 0. The zero-order chi connectivity index (χ0) is 28.9. The first-order valence-corrected chi connectivity index (χ1v) is 17.3. The number of amides is 1. The average Bonchev–Trinajstić information content (AvgIpc) is 2.96. The van der Waals surface area contributed by atoms with Crippen LogP contribution in [-0.2, 0) is 0 Å². The van der Waals surface area contributed by atoms with Gasteiger partial charge in [0, 0.05) is 6.54 Å². The molecular formula is C36H63NO3. The highest BCUT2D eigenvalue weighted by atomic mass is 16.4. The molecule has 1 aromatic rings. The lowest BCUT2D eigenvalue weighted by atomic mass is 10.0. The summed E-state index contributed by atoms with van der Waals surface area (Å²) in [6.07, 6.45) is 35.9. The van der Waals surface area contributed by atoms with Crippen LogP contribution >= 0.6 is 0 Å². The van der Waals surface area contributed by atoms with Crippen molar-refractivity contribution >= 4 is 11.9 Å². The molecule has 4 nitrogen and oxygen atoms in total. The van der Waals surface area contributed by atoms with Crippen LogP contribution in [0.15, 0.2) is 24.3 Å². The molecule has 0 aliphatic rings. The Labute approximate surface area is 247 Å². The number of aromatic carboxylic acids is 1. The minimum atomic E-state index is -1.06. The molecule has 4 heteroatoms. The molecule has 0 aromatic heterocycles. The Bertz CT molecular complexity index is 733. The lowest BCUT2D eigenvalue weighted by Crippen LogP contribution is -2.26. The minimum absolute atomic E-state index is 0.0602. The van der Waals surface area contributed by atoms with Gasteiger partial charge >= 0.3 is 5.97 Å². The van der Waals surface area contributed by atoms with Gasteiger partial charge in [-0.05, 0) is 18.6 Å². The number of carbonyl (C=O) groups excluding carboxylic acids is 1. The number of carbonyl (C=O) groups is 2. The Morgan fingerprint density at radius 2 is 0.800 bits per heavy atom. The number of rotatable bonds is 29. The molecule has 1 aromatic carbocycles. The van der Waals surface area contributed by atoms with Crippen molar-refractivity contribution < 1.29 is 14.7 Å². The molecule has 0 heterocycles. The molecule has 0 radical (unpaired) electrons. The molecule has 0 saturated carbocycles. The Morgan fingerprint density at radius 1 is 0.500 bits per heavy atom. The Morgan fingerprint density at radius 3 is 1.12 bits per heavy atom. The summed E-state index contributed by atoms with van der Waals surface area (Å²) in [6, 6.07) is 6.38. The standard InChI is InChI=1S/C36H63NO3/c1-2-3-4-5-6-7-8-9-10-11-12-13-14-15-16-17-18-19-20-21-22-23-24-25-26-29-32-37-35(38)33-30-27-28-31-34(33)36(39)40/h27-28,30-31H,2-26,29,32H2,1H3,(H,37,38)(H,39,40). The maximum Gasteiger partial charge on any atom is 0.336 e. The normalized spacial score (nSPS) is 11.1. The molecule has 2 N–H and O–H groups in total. The molecule has 40 heavy (non-hydrogen) atoms. The Hall–Kier alpha value is -1.84.